The van der Waals surface area contributed by atoms with Crippen molar-refractivity contribution in [3.8, 4) is 0 Å². The highest BCUT2D eigenvalue weighted by molar-refractivity contribution is 5.78. The van der Waals surface area contributed by atoms with Gasteiger partial charge in [0.2, 0.25) is 5.91 Å². The maximum Gasteiger partial charge on any atom is 0.234 e. The van der Waals surface area contributed by atoms with Gasteiger partial charge in [-0.25, -0.2) is 4.98 Å². The van der Waals surface area contributed by atoms with Gasteiger partial charge in [-0.1, -0.05) is 20.8 Å². The molecule has 1 amide bonds. The van der Waals surface area contributed by atoms with Crippen LogP contribution in [0.4, 0.5) is 0 Å². The number of piperazine rings is 1. The van der Waals surface area contributed by atoms with E-state index >= 15 is 0 Å². The van der Waals surface area contributed by atoms with Gasteiger partial charge in [-0.15, -0.1) is 0 Å². The number of aromatic nitrogens is 3. The molecule has 2 heterocycles. The standard InChI is InChI=1S/C16H30N6O/c1-5-21-6-8-22(9-7-21)11-15(23)19-14(10-13(2)3)16-17-12-18-20(16)4/h12-14H,5-11H2,1-4H3,(H,19,23). The third kappa shape index (κ3) is 5.28. The van der Waals surface area contributed by atoms with Crippen molar-refractivity contribution in [2.45, 2.75) is 33.2 Å². The molecule has 1 fully saturated rings. The summed E-state index contributed by atoms with van der Waals surface area (Å²) >= 11 is 0. The summed E-state index contributed by atoms with van der Waals surface area (Å²) in [7, 11) is 1.87. The third-order valence-electron chi connectivity index (χ3n) is 4.38. The molecular formula is C16H30N6O. The lowest BCUT2D eigenvalue weighted by atomic mass is 10.0. The lowest BCUT2D eigenvalue weighted by Crippen LogP contribution is -2.49. The lowest BCUT2D eigenvalue weighted by molar-refractivity contribution is -0.123. The molecule has 0 aromatic carbocycles. The van der Waals surface area contributed by atoms with Crippen LogP contribution in [0.5, 0.6) is 0 Å². The van der Waals surface area contributed by atoms with Gasteiger partial charge < -0.3 is 10.2 Å². The number of hydrogen-bond acceptors (Lipinski definition) is 5. The molecule has 0 radical (unpaired) electrons. The zero-order valence-electron chi connectivity index (χ0n) is 14.8. The van der Waals surface area contributed by atoms with Crippen molar-refractivity contribution < 1.29 is 4.79 Å². The van der Waals surface area contributed by atoms with Crippen molar-refractivity contribution in [2.75, 3.05) is 39.3 Å². The average Bonchev–Trinajstić information content (AvgIpc) is 2.93. The Bertz CT molecular complexity index is 493. The second-order valence-electron chi connectivity index (χ2n) is 6.70. The minimum Gasteiger partial charge on any atom is -0.345 e. The van der Waals surface area contributed by atoms with Crippen LogP contribution in [0.3, 0.4) is 0 Å². The van der Waals surface area contributed by atoms with E-state index in [9.17, 15) is 4.79 Å². The summed E-state index contributed by atoms with van der Waals surface area (Å²) in [6.07, 6.45) is 2.40. The van der Waals surface area contributed by atoms with Crippen molar-refractivity contribution in [3.63, 3.8) is 0 Å². The molecule has 1 unspecified atom stereocenters. The second kappa shape index (κ2) is 8.40. The number of rotatable bonds is 7. The normalized spacial score (nSPS) is 18.3. The fourth-order valence-electron chi connectivity index (χ4n) is 3.03. The fourth-order valence-corrected chi connectivity index (χ4v) is 3.03. The Hall–Kier alpha value is -1.47. The summed E-state index contributed by atoms with van der Waals surface area (Å²) in [5.41, 5.74) is 0. The van der Waals surface area contributed by atoms with Crippen LogP contribution in [-0.2, 0) is 11.8 Å². The van der Waals surface area contributed by atoms with Gasteiger partial charge >= 0.3 is 0 Å². The van der Waals surface area contributed by atoms with Crippen LogP contribution in [0.25, 0.3) is 0 Å². The Labute approximate surface area is 139 Å². The first-order chi connectivity index (χ1) is 11.0. The van der Waals surface area contributed by atoms with Crippen LogP contribution >= 0.6 is 0 Å². The molecule has 7 heteroatoms. The quantitative estimate of drug-likeness (QED) is 0.799. The van der Waals surface area contributed by atoms with Crippen molar-refractivity contribution >= 4 is 5.91 Å². The molecule has 130 valence electrons. The van der Waals surface area contributed by atoms with Gasteiger partial charge in [0.25, 0.3) is 0 Å². The molecule has 1 atom stereocenters. The summed E-state index contributed by atoms with van der Waals surface area (Å²) in [6.45, 7) is 12.0. The van der Waals surface area contributed by atoms with Crippen molar-refractivity contribution in [3.05, 3.63) is 12.2 Å². The number of nitrogens with one attached hydrogen (secondary N) is 1. The Balaban J connectivity index is 1.89. The maximum absolute atomic E-state index is 12.4. The molecular weight excluding hydrogens is 292 g/mol. The van der Waals surface area contributed by atoms with Crippen LogP contribution in [0.2, 0.25) is 0 Å². The lowest BCUT2D eigenvalue weighted by Gasteiger charge is -2.33. The third-order valence-corrected chi connectivity index (χ3v) is 4.38. The first-order valence-electron chi connectivity index (χ1n) is 8.57. The molecule has 1 aliphatic rings. The molecule has 1 aromatic rings. The minimum atomic E-state index is -0.0769. The average molecular weight is 322 g/mol. The van der Waals surface area contributed by atoms with E-state index < -0.39 is 0 Å². The summed E-state index contributed by atoms with van der Waals surface area (Å²) < 4.78 is 1.74. The molecule has 1 aromatic heterocycles. The van der Waals surface area contributed by atoms with Gasteiger partial charge in [-0.3, -0.25) is 14.4 Å². The van der Waals surface area contributed by atoms with E-state index in [0.717, 1.165) is 45.0 Å². The predicted molar refractivity (Wildman–Crippen MR) is 89.9 cm³/mol. The zero-order chi connectivity index (χ0) is 16.8. The maximum atomic E-state index is 12.4. The fraction of sp³-hybridized carbons (Fsp3) is 0.812. The molecule has 1 aliphatic heterocycles. The molecule has 0 saturated carbocycles. The topological polar surface area (TPSA) is 66.3 Å². The Morgan fingerprint density at radius 2 is 1.91 bits per heavy atom. The van der Waals surface area contributed by atoms with Crippen molar-refractivity contribution in [1.82, 2.24) is 29.9 Å². The van der Waals surface area contributed by atoms with Crippen LogP contribution in [0.1, 0.15) is 39.1 Å². The molecule has 2 rings (SSSR count). The minimum absolute atomic E-state index is 0.0728. The predicted octanol–water partition coefficient (Wildman–Crippen LogP) is 0.656. The summed E-state index contributed by atoms with van der Waals surface area (Å²) in [6, 6.07) is -0.0769. The van der Waals surface area contributed by atoms with E-state index in [1.54, 1.807) is 11.0 Å². The largest absolute Gasteiger partial charge is 0.345 e. The number of carbonyl (C=O) groups is 1. The number of hydrogen-bond donors (Lipinski definition) is 1. The second-order valence-corrected chi connectivity index (χ2v) is 6.70. The zero-order valence-corrected chi connectivity index (χ0v) is 14.8. The number of carbonyl (C=O) groups excluding carboxylic acids is 1. The first kappa shape index (κ1) is 17.9. The molecule has 7 nitrogen and oxygen atoms in total. The Morgan fingerprint density at radius 3 is 2.43 bits per heavy atom. The van der Waals surface area contributed by atoms with Gasteiger partial charge in [-0.05, 0) is 18.9 Å². The molecule has 0 spiro atoms. The summed E-state index contributed by atoms with van der Waals surface area (Å²) in [5, 5.41) is 7.27. The van der Waals surface area contributed by atoms with Gasteiger partial charge in [0.05, 0.1) is 12.6 Å². The molecule has 0 aliphatic carbocycles. The van der Waals surface area contributed by atoms with E-state index in [1.165, 1.54) is 0 Å². The Kier molecular flexibility index (Phi) is 6.53. The SMILES string of the molecule is CCN1CCN(CC(=O)NC(CC(C)C)c2ncnn2C)CC1. The van der Waals surface area contributed by atoms with E-state index in [0.29, 0.717) is 12.5 Å². The van der Waals surface area contributed by atoms with Gasteiger partial charge in [0.15, 0.2) is 0 Å². The summed E-state index contributed by atoms with van der Waals surface area (Å²) in [4.78, 5) is 21.4. The first-order valence-corrected chi connectivity index (χ1v) is 8.57. The van der Waals surface area contributed by atoms with Crippen molar-refractivity contribution in [1.29, 1.82) is 0 Å². The van der Waals surface area contributed by atoms with E-state index in [1.807, 2.05) is 7.05 Å². The summed E-state index contributed by atoms with van der Waals surface area (Å²) in [5.74, 6) is 1.37. The highest BCUT2D eigenvalue weighted by Gasteiger charge is 2.23. The number of nitrogens with zero attached hydrogens (tertiary/aromatic N) is 5. The molecule has 1 saturated heterocycles. The highest BCUT2D eigenvalue weighted by Crippen LogP contribution is 2.18. The number of aryl methyl sites for hydroxylation is 1. The van der Waals surface area contributed by atoms with Gasteiger partial charge in [0.1, 0.15) is 12.2 Å². The van der Waals surface area contributed by atoms with Crippen molar-refractivity contribution in [2.24, 2.45) is 13.0 Å². The molecule has 1 N–H and O–H groups in total. The number of amides is 1. The molecule has 0 bridgehead atoms. The Morgan fingerprint density at radius 1 is 1.26 bits per heavy atom. The van der Waals surface area contributed by atoms with Gasteiger partial charge in [0, 0.05) is 33.2 Å². The van der Waals surface area contributed by atoms with Crippen LogP contribution < -0.4 is 5.32 Å². The molecule has 23 heavy (non-hydrogen) atoms. The smallest absolute Gasteiger partial charge is 0.234 e. The van der Waals surface area contributed by atoms with Gasteiger partial charge in [-0.2, -0.15) is 5.10 Å². The highest BCUT2D eigenvalue weighted by atomic mass is 16.2. The van der Waals surface area contributed by atoms with Crippen LogP contribution in [-0.4, -0.2) is 69.7 Å². The van der Waals surface area contributed by atoms with E-state index in [2.05, 4.69) is 46.0 Å². The van der Waals surface area contributed by atoms with E-state index in [-0.39, 0.29) is 11.9 Å². The van der Waals surface area contributed by atoms with Crippen LogP contribution in [0.15, 0.2) is 6.33 Å². The number of likely N-dealkylation sites (N-methyl/N-ethyl adjacent to an activating group) is 1. The van der Waals surface area contributed by atoms with E-state index in [4.69, 9.17) is 0 Å². The monoisotopic (exact) mass is 322 g/mol. The van der Waals surface area contributed by atoms with Crippen LogP contribution in [0, 0.1) is 5.92 Å².